The number of rotatable bonds is 5. The number of carbonyl (C=O) groups is 1. The van der Waals surface area contributed by atoms with Crippen molar-refractivity contribution in [1.29, 1.82) is 0 Å². The molecule has 1 atom stereocenters. The van der Waals surface area contributed by atoms with Crippen molar-refractivity contribution in [2.24, 2.45) is 4.99 Å². The number of ether oxygens (including phenoxy) is 2. The van der Waals surface area contributed by atoms with Gasteiger partial charge in [-0.3, -0.25) is 19.5 Å². The molecule has 3 aromatic rings. The number of non-ortho nitro benzene ring substituents is 1. The molecule has 2 aromatic carbocycles. The summed E-state index contributed by atoms with van der Waals surface area (Å²) in [6.45, 7) is 1.66. The molecule has 1 aromatic heterocycles. The molecular formula is C23H18ClN3O6S. The quantitative estimate of drug-likeness (QED) is 0.303. The average molecular weight is 500 g/mol. The van der Waals surface area contributed by atoms with Crippen LogP contribution >= 0.6 is 22.9 Å². The van der Waals surface area contributed by atoms with Crippen LogP contribution in [0.1, 0.15) is 24.1 Å². The summed E-state index contributed by atoms with van der Waals surface area (Å²) in [6.07, 6.45) is 1.56. The fourth-order valence-electron chi connectivity index (χ4n) is 3.79. The minimum atomic E-state index is -0.899. The first kappa shape index (κ1) is 23.4. The SMILES string of the molecule is COC(=O)C1=C(C)N=c2s/c(=C\c3cccc([N+](=O)[O-])c3)c(=O)n2[C@@H]1c1cc(Cl)ccc1OC. The van der Waals surface area contributed by atoms with Gasteiger partial charge in [-0.05, 0) is 36.8 Å². The van der Waals surface area contributed by atoms with Crippen LogP contribution in [0.3, 0.4) is 0 Å². The van der Waals surface area contributed by atoms with Crippen LogP contribution in [0.4, 0.5) is 5.69 Å². The molecule has 2 heterocycles. The molecule has 0 fully saturated rings. The smallest absolute Gasteiger partial charge is 0.338 e. The van der Waals surface area contributed by atoms with E-state index in [2.05, 4.69) is 4.99 Å². The molecule has 34 heavy (non-hydrogen) atoms. The number of allylic oxidation sites excluding steroid dienone is 1. The maximum Gasteiger partial charge on any atom is 0.338 e. The zero-order chi connectivity index (χ0) is 24.6. The van der Waals surface area contributed by atoms with Crippen LogP contribution in [0, 0.1) is 10.1 Å². The monoisotopic (exact) mass is 499 g/mol. The van der Waals surface area contributed by atoms with Crippen LogP contribution in [0.2, 0.25) is 5.02 Å². The number of halogens is 1. The molecule has 0 N–H and O–H groups in total. The van der Waals surface area contributed by atoms with Crippen LogP contribution in [0.5, 0.6) is 5.75 Å². The Morgan fingerprint density at radius 2 is 2.03 bits per heavy atom. The van der Waals surface area contributed by atoms with Gasteiger partial charge in [0.05, 0.1) is 34.9 Å². The van der Waals surface area contributed by atoms with Crippen molar-refractivity contribution in [3.63, 3.8) is 0 Å². The number of aromatic nitrogens is 1. The summed E-state index contributed by atoms with van der Waals surface area (Å²) in [5.41, 5.74) is 1.04. The van der Waals surface area contributed by atoms with Crippen molar-refractivity contribution in [3.05, 3.63) is 99.7 Å². The number of hydrogen-bond acceptors (Lipinski definition) is 8. The lowest BCUT2D eigenvalue weighted by atomic mass is 9.95. The van der Waals surface area contributed by atoms with Crippen molar-refractivity contribution in [1.82, 2.24) is 4.57 Å². The number of nitro groups is 1. The maximum atomic E-state index is 13.6. The third-order valence-corrected chi connectivity index (χ3v) is 6.51. The highest BCUT2D eigenvalue weighted by Crippen LogP contribution is 2.37. The Kier molecular flexibility index (Phi) is 6.36. The van der Waals surface area contributed by atoms with E-state index in [-0.39, 0.29) is 11.3 Å². The Morgan fingerprint density at radius 1 is 1.26 bits per heavy atom. The predicted octanol–water partition coefficient (Wildman–Crippen LogP) is 2.98. The van der Waals surface area contributed by atoms with E-state index in [0.29, 0.717) is 36.9 Å². The normalized spacial score (nSPS) is 15.5. The van der Waals surface area contributed by atoms with Crippen LogP contribution in [-0.2, 0) is 9.53 Å². The first-order valence-electron chi connectivity index (χ1n) is 9.94. The van der Waals surface area contributed by atoms with Gasteiger partial charge in [-0.15, -0.1) is 0 Å². The van der Waals surface area contributed by atoms with Gasteiger partial charge in [0, 0.05) is 22.7 Å². The third kappa shape index (κ3) is 4.13. The van der Waals surface area contributed by atoms with E-state index in [1.54, 1.807) is 43.3 Å². The van der Waals surface area contributed by atoms with Gasteiger partial charge in [-0.2, -0.15) is 0 Å². The van der Waals surface area contributed by atoms with E-state index < -0.39 is 22.5 Å². The second kappa shape index (κ2) is 9.24. The molecule has 1 aliphatic heterocycles. The van der Waals surface area contributed by atoms with Gasteiger partial charge in [-0.25, -0.2) is 9.79 Å². The number of benzene rings is 2. The molecule has 0 spiro atoms. The zero-order valence-electron chi connectivity index (χ0n) is 18.3. The highest BCUT2D eigenvalue weighted by atomic mass is 35.5. The van der Waals surface area contributed by atoms with Crippen molar-refractivity contribution in [2.45, 2.75) is 13.0 Å². The van der Waals surface area contributed by atoms with Crippen LogP contribution < -0.4 is 19.6 Å². The highest BCUT2D eigenvalue weighted by molar-refractivity contribution is 7.07. The van der Waals surface area contributed by atoms with E-state index in [4.69, 9.17) is 21.1 Å². The Morgan fingerprint density at radius 3 is 2.71 bits per heavy atom. The molecule has 0 radical (unpaired) electrons. The Balaban J connectivity index is 2.01. The van der Waals surface area contributed by atoms with Crippen molar-refractivity contribution in [2.75, 3.05) is 14.2 Å². The van der Waals surface area contributed by atoms with Crippen LogP contribution in [0.25, 0.3) is 6.08 Å². The number of thiazole rings is 1. The molecule has 4 rings (SSSR count). The number of nitro benzene ring substituents is 1. The molecule has 1 aliphatic rings. The molecule has 0 bridgehead atoms. The number of methoxy groups -OCH3 is 2. The summed E-state index contributed by atoms with van der Waals surface area (Å²) in [4.78, 5) is 41.8. The average Bonchev–Trinajstić information content (AvgIpc) is 3.12. The molecular weight excluding hydrogens is 482 g/mol. The topological polar surface area (TPSA) is 113 Å². The van der Waals surface area contributed by atoms with E-state index in [9.17, 15) is 19.7 Å². The van der Waals surface area contributed by atoms with Crippen molar-refractivity contribution in [3.8, 4) is 5.75 Å². The third-order valence-electron chi connectivity index (χ3n) is 5.29. The zero-order valence-corrected chi connectivity index (χ0v) is 19.8. The minimum absolute atomic E-state index is 0.0908. The maximum absolute atomic E-state index is 13.6. The molecule has 174 valence electrons. The minimum Gasteiger partial charge on any atom is -0.496 e. The van der Waals surface area contributed by atoms with Gasteiger partial charge in [0.2, 0.25) is 0 Å². The van der Waals surface area contributed by atoms with E-state index in [0.717, 1.165) is 11.3 Å². The standard InChI is InChI=1S/C23H18ClN3O6S/c1-12-19(22(29)33-3)20(16-11-14(24)7-8-17(16)32-2)26-21(28)18(34-23(26)25-12)10-13-5-4-6-15(9-13)27(30)31/h4-11,20H,1-3H3/b18-10-/t20-/m1/s1. The lowest BCUT2D eigenvalue weighted by molar-refractivity contribution is -0.384. The summed E-state index contributed by atoms with van der Waals surface area (Å²) in [7, 11) is 2.73. The fourth-order valence-corrected chi connectivity index (χ4v) is 5.01. The largest absolute Gasteiger partial charge is 0.496 e. The van der Waals surface area contributed by atoms with Crippen LogP contribution in [0.15, 0.2) is 63.5 Å². The number of hydrogen-bond donors (Lipinski definition) is 0. The number of nitrogens with zero attached hydrogens (tertiary/aromatic N) is 3. The van der Waals surface area contributed by atoms with Gasteiger partial charge >= 0.3 is 5.97 Å². The molecule has 0 saturated carbocycles. The summed E-state index contributed by atoms with van der Waals surface area (Å²) < 4.78 is 12.2. The number of carbonyl (C=O) groups excluding carboxylic acids is 1. The van der Waals surface area contributed by atoms with Crippen molar-refractivity contribution >= 4 is 40.7 Å². The summed E-state index contributed by atoms with van der Waals surface area (Å²) in [5, 5.41) is 11.5. The van der Waals surface area contributed by atoms with Gasteiger partial charge < -0.3 is 9.47 Å². The van der Waals surface area contributed by atoms with Crippen LogP contribution in [-0.4, -0.2) is 29.7 Å². The molecule has 0 amide bonds. The lowest BCUT2D eigenvalue weighted by Gasteiger charge is -2.25. The fraction of sp³-hybridized carbons (Fsp3) is 0.174. The molecule has 11 heteroatoms. The van der Waals surface area contributed by atoms with Gasteiger partial charge in [0.25, 0.3) is 11.2 Å². The molecule has 0 aliphatic carbocycles. The first-order chi connectivity index (χ1) is 16.2. The summed E-state index contributed by atoms with van der Waals surface area (Å²) in [6, 6.07) is 9.98. The summed E-state index contributed by atoms with van der Waals surface area (Å²) >= 11 is 7.36. The number of fused-ring (bicyclic) bond motifs is 1. The second-order valence-electron chi connectivity index (χ2n) is 7.31. The lowest BCUT2D eigenvalue weighted by Crippen LogP contribution is -2.40. The molecule has 9 nitrogen and oxygen atoms in total. The van der Waals surface area contributed by atoms with E-state index in [1.165, 1.54) is 30.9 Å². The molecule has 0 unspecified atom stereocenters. The van der Waals surface area contributed by atoms with Gasteiger partial charge in [0.1, 0.15) is 11.8 Å². The molecule has 0 saturated heterocycles. The van der Waals surface area contributed by atoms with E-state index >= 15 is 0 Å². The van der Waals surface area contributed by atoms with Gasteiger partial charge in [0.15, 0.2) is 4.80 Å². The Bertz CT molecular complexity index is 1540. The first-order valence-corrected chi connectivity index (χ1v) is 11.1. The number of esters is 1. The highest BCUT2D eigenvalue weighted by Gasteiger charge is 2.35. The van der Waals surface area contributed by atoms with Crippen molar-refractivity contribution < 1.29 is 19.2 Å². The second-order valence-corrected chi connectivity index (χ2v) is 8.76. The van der Waals surface area contributed by atoms with Gasteiger partial charge in [-0.1, -0.05) is 35.1 Å². The Hall–Kier alpha value is -3.76. The van der Waals surface area contributed by atoms with E-state index in [1.807, 2.05) is 0 Å². The summed E-state index contributed by atoms with van der Waals surface area (Å²) in [5.74, 6) is -0.208. The Labute approximate surface area is 202 Å². The predicted molar refractivity (Wildman–Crippen MR) is 127 cm³/mol.